The van der Waals surface area contributed by atoms with Gasteiger partial charge < -0.3 is 5.32 Å². The van der Waals surface area contributed by atoms with Crippen LogP contribution in [0.4, 0.5) is 0 Å². The fourth-order valence-electron chi connectivity index (χ4n) is 4.73. The van der Waals surface area contributed by atoms with Gasteiger partial charge in [0, 0.05) is 38.1 Å². The summed E-state index contributed by atoms with van der Waals surface area (Å²) in [5.74, 6) is -1.82. The number of nitrogens with zero attached hydrogens (tertiary/aromatic N) is 2. The Morgan fingerprint density at radius 3 is 2.52 bits per heavy atom. The SMILES string of the molecule is O=C1CCC(N2C(=O)c3cccc(CN4C5CNCC4C5)c3C2=O)C(=O)N1. The van der Waals surface area contributed by atoms with Crippen molar-refractivity contribution in [3.63, 3.8) is 0 Å². The fraction of sp³-hybridized carbons (Fsp3) is 0.474. The van der Waals surface area contributed by atoms with E-state index in [1.165, 1.54) is 0 Å². The number of hydrogen-bond acceptors (Lipinski definition) is 6. The molecule has 1 aromatic rings. The smallest absolute Gasteiger partial charge is 0.262 e. The molecule has 0 aromatic heterocycles. The van der Waals surface area contributed by atoms with E-state index in [0.717, 1.165) is 30.0 Å². The average molecular weight is 368 g/mol. The van der Waals surface area contributed by atoms with Gasteiger partial charge >= 0.3 is 0 Å². The third kappa shape index (κ3) is 2.44. The number of imide groups is 2. The van der Waals surface area contributed by atoms with Crippen LogP contribution in [0, 0.1) is 0 Å². The third-order valence-corrected chi connectivity index (χ3v) is 6.15. The minimum absolute atomic E-state index is 0.126. The second-order valence-electron chi connectivity index (χ2n) is 7.66. The lowest BCUT2D eigenvalue weighted by Crippen LogP contribution is -2.67. The van der Waals surface area contributed by atoms with Crippen LogP contribution in [0.1, 0.15) is 45.5 Å². The van der Waals surface area contributed by atoms with Gasteiger partial charge in [0.25, 0.3) is 11.8 Å². The molecule has 2 bridgehead atoms. The van der Waals surface area contributed by atoms with E-state index in [4.69, 9.17) is 0 Å². The number of hydrogen-bond donors (Lipinski definition) is 2. The average Bonchev–Trinajstić information content (AvgIpc) is 2.92. The number of benzene rings is 1. The van der Waals surface area contributed by atoms with Gasteiger partial charge in [-0.05, 0) is 24.5 Å². The highest BCUT2D eigenvalue weighted by Crippen LogP contribution is 2.34. The summed E-state index contributed by atoms with van der Waals surface area (Å²) in [5, 5.41) is 5.61. The number of piperazine rings is 1. The topological polar surface area (TPSA) is 98.8 Å². The van der Waals surface area contributed by atoms with Crippen molar-refractivity contribution in [1.29, 1.82) is 0 Å². The Hall–Kier alpha value is -2.58. The van der Waals surface area contributed by atoms with Gasteiger partial charge in [0.1, 0.15) is 6.04 Å². The Morgan fingerprint density at radius 2 is 1.81 bits per heavy atom. The highest BCUT2D eigenvalue weighted by Gasteiger charge is 2.47. The van der Waals surface area contributed by atoms with E-state index < -0.39 is 23.8 Å². The lowest BCUT2D eigenvalue weighted by Gasteiger charge is -2.53. The summed E-state index contributed by atoms with van der Waals surface area (Å²) in [4.78, 5) is 53.0. The van der Waals surface area contributed by atoms with Gasteiger partial charge in [-0.25, -0.2) is 0 Å². The highest BCUT2D eigenvalue weighted by atomic mass is 16.2. The van der Waals surface area contributed by atoms with Crippen LogP contribution in [0.3, 0.4) is 0 Å². The number of carbonyl (C=O) groups is 4. The largest absolute Gasteiger partial charge is 0.314 e. The molecule has 3 fully saturated rings. The normalized spacial score (nSPS) is 30.2. The van der Waals surface area contributed by atoms with E-state index in [9.17, 15) is 19.2 Å². The van der Waals surface area contributed by atoms with Gasteiger partial charge in [-0.2, -0.15) is 0 Å². The molecule has 5 rings (SSSR count). The lowest BCUT2D eigenvalue weighted by molar-refractivity contribution is -0.136. The molecular formula is C19H20N4O4. The van der Waals surface area contributed by atoms with Crippen LogP contribution in [0.2, 0.25) is 0 Å². The number of piperidine rings is 2. The first-order valence-corrected chi connectivity index (χ1v) is 9.34. The zero-order valence-corrected chi connectivity index (χ0v) is 14.7. The molecule has 0 spiro atoms. The standard InChI is InChI=1S/C19H20N4O4/c24-15-5-4-14(17(25)21-15)23-18(26)13-3-1-2-10(16(13)19(23)27)9-22-11-6-12(22)8-20-7-11/h1-3,11-12,14,20H,4-9H2,(H,21,24,25). The van der Waals surface area contributed by atoms with E-state index in [-0.39, 0.29) is 18.7 Å². The molecule has 0 aliphatic carbocycles. The second-order valence-corrected chi connectivity index (χ2v) is 7.66. The van der Waals surface area contributed by atoms with Gasteiger partial charge in [-0.3, -0.25) is 34.3 Å². The van der Waals surface area contributed by atoms with Crippen LogP contribution in [-0.2, 0) is 16.1 Å². The Balaban J connectivity index is 1.44. The summed E-state index contributed by atoms with van der Waals surface area (Å²) < 4.78 is 0. The van der Waals surface area contributed by atoms with Gasteiger partial charge in [0.05, 0.1) is 11.1 Å². The monoisotopic (exact) mass is 368 g/mol. The first-order valence-electron chi connectivity index (χ1n) is 9.34. The third-order valence-electron chi connectivity index (χ3n) is 6.15. The maximum absolute atomic E-state index is 13.1. The predicted octanol–water partition coefficient (Wildman–Crippen LogP) is -0.366. The maximum Gasteiger partial charge on any atom is 0.262 e. The Kier molecular flexibility index (Phi) is 3.66. The van der Waals surface area contributed by atoms with Crippen molar-refractivity contribution in [1.82, 2.24) is 20.4 Å². The van der Waals surface area contributed by atoms with Crippen molar-refractivity contribution in [3.8, 4) is 0 Å². The van der Waals surface area contributed by atoms with Crippen molar-refractivity contribution in [2.75, 3.05) is 13.1 Å². The van der Waals surface area contributed by atoms with Crippen molar-refractivity contribution >= 4 is 23.6 Å². The molecule has 3 atom stereocenters. The van der Waals surface area contributed by atoms with Crippen LogP contribution in [0.15, 0.2) is 18.2 Å². The molecule has 4 amide bonds. The summed E-state index contributed by atoms with van der Waals surface area (Å²) in [5.41, 5.74) is 1.59. The number of amides is 4. The molecule has 0 saturated carbocycles. The van der Waals surface area contributed by atoms with Crippen LogP contribution in [-0.4, -0.2) is 64.6 Å². The van der Waals surface area contributed by atoms with Crippen molar-refractivity contribution in [3.05, 3.63) is 34.9 Å². The molecule has 4 aliphatic heterocycles. The van der Waals surface area contributed by atoms with Gasteiger partial charge in [0.15, 0.2) is 0 Å². The fourth-order valence-corrected chi connectivity index (χ4v) is 4.73. The zero-order valence-electron chi connectivity index (χ0n) is 14.7. The van der Waals surface area contributed by atoms with Gasteiger partial charge in [0.2, 0.25) is 11.8 Å². The zero-order chi connectivity index (χ0) is 18.7. The summed E-state index contributed by atoms with van der Waals surface area (Å²) in [7, 11) is 0. The summed E-state index contributed by atoms with van der Waals surface area (Å²) in [6.07, 6.45) is 1.46. The van der Waals surface area contributed by atoms with Crippen LogP contribution >= 0.6 is 0 Å². The van der Waals surface area contributed by atoms with Crippen LogP contribution in [0.5, 0.6) is 0 Å². The van der Waals surface area contributed by atoms with Crippen LogP contribution in [0.25, 0.3) is 0 Å². The molecule has 140 valence electrons. The van der Waals surface area contributed by atoms with E-state index in [0.29, 0.717) is 29.8 Å². The van der Waals surface area contributed by atoms with Crippen LogP contribution < -0.4 is 10.6 Å². The lowest BCUT2D eigenvalue weighted by atomic mass is 9.87. The maximum atomic E-state index is 13.1. The molecule has 3 unspecified atom stereocenters. The Bertz CT molecular complexity index is 868. The summed E-state index contributed by atoms with van der Waals surface area (Å²) in [6, 6.07) is 5.34. The minimum Gasteiger partial charge on any atom is -0.314 e. The first kappa shape index (κ1) is 16.6. The highest BCUT2D eigenvalue weighted by molar-refractivity contribution is 6.24. The number of rotatable bonds is 3. The Morgan fingerprint density at radius 1 is 1.04 bits per heavy atom. The predicted molar refractivity (Wildman–Crippen MR) is 93.7 cm³/mol. The molecule has 8 nitrogen and oxygen atoms in total. The molecule has 1 aromatic carbocycles. The number of nitrogens with one attached hydrogen (secondary N) is 2. The number of carbonyl (C=O) groups excluding carboxylic acids is 4. The Labute approximate surface area is 155 Å². The number of fused-ring (bicyclic) bond motifs is 3. The summed E-state index contributed by atoms with van der Waals surface area (Å²) in [6.45, 7) is 2.52. The van der Waals surface area contributed by atoms with E-state index in [2.05, 4.69) is 15.5 Å². The molecule has 27 heavy (non-hydrogen) atoms. The van der Waals surface area contributed by atoms with E-state index in [1.54, 1.807) is 12.1 Å². The summed E-state index contributed by atoms with van der Waals surface area (Å²) >= 11 is 0. The van der Waals surface area contributed by atoms with Crippen molar-refractivity contribution < 1.29 is 19.2 Å². The quantitative estimate of drug-likeness (QED) is 0.707. The minimum atomic E-state index is -0.921. The molecule has 0 radical (unpaired) electrons. The molecule has 8 heteroatoms. The van der Waals surface area contributed by atoms with E-state index >= 15 is 0 Å². The molecular weight excluding hydrogens is 348 g/mol. The van der Waals surface area contributed by atoms with Gasteiger partial charge in [-0.15, -0.1) is 0 Å². The van der Waals surface area contributed by atoms with Gasteiger partial charge in [-0.1, -0.05) is 12.1 Å². The molecule has 4 aliphatic rings. The molecule has 4 heterocycles. The van der Waals surface area contributed by atoms with E-state index in [1.807, 2.05) is 6.07 Å². The molecule has 3 saturated heterocycles. The second kappa shape index (κ2) is 5.97. The molecule has 2 N–H and O–H groups in total. The first-order chi connectivity index (χ1) is 13.0. The van der Waals surface area contributed by atoms with Crippen molar-refractivity contribution in [2.24, 2.45) is 0 Å². The van der Waals surface area contributed by atoms with Crippen molar-refractivity contribution in [2.45, 2.75) is 43.9 Å².